The van der Waals surface area contributed by atoms with Gasteiger partial charge in [-0.05, 0) is 0 Å². The number of hydrogen-bond acceptors (Lipinski definition) is 4. The second-order valence-corrected chi connectivity index (χ2v) is 3.71. The van der Waals surface area contributed by atoms with Crippen molar-refractivity contribution in [1.29, 1.82) is 0 Å². The Morgan fingerprint density at radius 1 is 1.31 bits per heavy atom. The van der Waals surface area contributed by atoms with Crippen LogP contribution in [0.3, 0.4) is 0 Å². The van der Waals surface area contributed by atoms with Crippen LogP contribution in [-0.2, 0) is 6.18 Å². The van der Waals surface area contributed by atoms with Crippen molar-refractivity contribution in [3.05, 3.63) is 34.9 Å². The molecule has 0 atom stereocenters. The van der Waals surface area contributed by atoms with Crippen molar-refractivity contribution in [2.24, 2.45) is 0 Å². The Hall–Kier alpha value is -1.63. The predicted octanol–water partition coefficient (Wildman–Crippen LogP) is 3.35. The highest BCUT2D eigenvalue weighted by Gasteiger charge is 2.32. The van der Waals surface area contributed by atoms with Gasteiger partial charge < -0.3 is 4.74 Å². The second-order valence-electron chi connectivity index (χ2n) is 2.79. The van der Waals surface area contributed by atoms with E-state index >= 15 is 0 Å². The highest BCUT2D eigenvalue weighted by Crippen LogP contribution is 2.37. The average molecular weight is 246 g/mol. The van der Waals surface area contributed by atoms with E-state index in [0.717, 1.165) is 6.07 Å². The highest BCUT2D eigenvalue weighted by molar-refractivity contribution is 7.10. The maximum Gasteiger partial charge on any atom is 0.425 e. The van der Waals surface area contributed by atoms with Crippen molar-refractivity contribution in [1.82, 2.24) is 9.97 Å². The van der Waals surface area contributed by atoms with Gasteiger partial charge in [0.25, 0.3) is 0 Å². The van der Waals surface area contributed by atoms with Gasteiger partial charge >= 0.3 is 6.18 Å². The molecule has 0 unspecified atom stereocenters. The van der Waals surface area contributed by atoms with E-state index in [9.17, 15) is 13.2 Å². The first-order chi connectivity index (χ1) is 7.55. The van der Waals surface area contributed by atoms with E-state index < -0.39 is 11.1 Å². The summed E-state index contributed by atoms with van der Waals surface area (Å²) in [6.07, 6.45) is -1.64. The molecular weight excluding hydrogens is 241 g/mol. The third-order valence-corrected chi connectivity index (χ3v) is 2.59. The maximum atomic E-state index is 12.3. The molecule has 7 heteroatoms. The van der Waals surface area contributed by atoms with Crippen LogP contribution in [0.15, 0.2) is 30.0 Å². The Labute approximate surface area is 92.5 Å². The van der Waals surface area contributed by atoms with Gasteiger partial charge in [-0.3, -0.25) is 0 Å². The predicted molar refractivity (Wildman–Crippen MR) is 51.4 cm³/mol. The first-order valence-corrected chi connectivity index (χ1v) is 5.03. The normalized spacial score (nSPS) is 11.4. The lowest BCUT2D eigenvalue weighted by Gasteiger charge is -2.01. The lowest BCUT2D eigenvalue weighted by molar-refractivity contribution is -0.134. The summed E-state index contributed by atoms with van der Waals surface area (Å²) in [5, 5.41) is 1.28. The zero-order chi connectivity index (χ0) is 11.6. The Morgan fingerprint density at radius 3 is 2.69 bits per heavy atom. The molecule has 2 aromatic heterocycles. The number of rotatable bonds is 2. The Balaban J connectivity index is 2.15. The van der Waals surface area contributed by atoms with Gasteiger partial charge in [-0.15, -0.1) is 11.3 Å². The monoisotopic (exact) mass is 246 g/mol. The van der Waals surface area contributed by atoms with E-state index in [1.807, 2.05) is 0 Å². The number of halogens is 3. The molecule has 0 radical (unpaired) electrons. The molecule has 0 bridgehead atoms. The lowest BCUT2D eigenvalue weighted by atomic mass is 10.4. The van der Waals surface area contributed by atoms with Crippen molar-refractivity contribution in [3.63, 3.8) is 0 Å². The van der Waals surface area contributed by atoms with Crippen LogP contribution < -0.4 is 4.74 Å². The molecule has 84 valence electrons. The Bertz CT molecular complexity index is 469. The summed E-state index contributed by atoms with van der Waals surface area (Å²) in [5.41, 5.74) is 0. The molecule has 3 nitrogen and oxygen atoms in total. The van der Waals surface area contributed by atoms with E-state index in [1.54, 1.807) is 0 Å². The SMILES string of the molecule is FC(F)(F)c1cc(Oc2ccncn2)cs1. The fourth-order valence-electron chi connectivity index (χ4n) is 0.981. The van der Waals surface area contributed by atoms with E-state index in [2.05, 4.69) is 9.97 Å². The number of aromatic nitrogens is 2. The van der Waals surface area contributed by atoms with Gasteiger partial charge in [0.1, 0.15) is 17.0 Å². The standard InChI is InChI=1S/C9H5F3N2OS/c10-9(11,12)7-3-6(4-16-7)15-8-1-2-13-5-14-8/h1-5H. The summed E-state index contributed by atoms with van der Waals surface area (Å²) in [6, 6.07) is 2.40. The summed E-state index contributed by atoms with van der Waals surface area (Å²) < 4.78 is 41.9. The van der Waals surface area contributed by atoms with E-state index in [1.165, 1.54) is 24.0 Å². The molecule has 0 aromatic carbocycles. The van der Waals surface area contributed by atoms with Crippen molar-refractivity contribution in [3.8, 4) is 11.6 Å². The molecule has 0 aliphatic carbocycles. The van der Waals surface area contributed by atoms with Crippen LogP contribution in [-0.4, -0.2) is 9.97 Å². The summed E-state index contributed by atoms with van der Waals surface area (Å²) in [5.74, 6) is 0.331. The van der Waals surface area contributed by atoms with Crippen molar-refractivity contribution in [2.45, 2.75) is 6.18 Å². The van der Waals surface area contributed by atoms with Crippen molar-refractivity contribution >= 4 is 11.3 Å². The van der Waals surface area contributed by atoms with Gasteiger partial charge in [0.15, 0.2) is 0 Å². The molecule has 0 spiro atoms. The molecule has 0 saturated heterocycles. The molecular formula is C9H5F3N2OS. The maximum absolute atomic E-state index is 12.3. The zero-order valence-corrected chi connectivity index (χ0v) is 8.55. The number of ether oxygens (including phenoxy) is 1. The molecule has 2 heterocycles. The van der Waals surface area contributed by atoms with Crippen LogP contribution in [0.5, 0.6) is 11.6 Å². The number of hydrogen-bond donors (Lipinski definition) is 0. The van der Waals surface area contributed by atoms with Crippen molar-refractivity contribution in [2.75, 3.05) is 0 Å². The summed E-state index contributed by atoms with van der Waals surface area (Å²) >= 11 is 0.582. The minimum atomic E-state index is -4.34. The summed E-state index contributed by atoms with van der Waals surface area (Å²) in [7, 11) is 0. The van der Waals surface area contributed by atoms with Gasteiger partial charge in [-0.1, -0.05) is 0 Å². The van der Waals surface area contributed by atoms with E-state index in [0.29, 0.717) is 11.3 Å². The van der Waals surface area contributed by atoms with E-state index in [4.69, 9.17) is 4.74 Å². The molecule has 2 rings (SSSR count). The molecule has 0 fully saturated rings. The van der Waals surface area contributed by atoms with Gasteiger partial charge in [-0.25, -0.2) is 9.97 Å². The van der Waals surface area contributed by atoms with Crippen LogP contribution in [0.25, 0.3) is 0 Å². The first-order valence-electron chi connectivity index (χ1n) is 4.15. The van der Waals surface area contributed by atoms with E-state index in [-0.39, 0.29) is 11.6 Å². The number of alkyl halides is 3. The number of thiophene rings is 1. The smallest absolute Gasteiger partial charge is 0.425 e. The van der Waals surface area contributed by atoms with Gasteiger partial charge in [0, 0.05) is 23.7 Å². The third-order valence-electron chi connectivity index (χ3n) is 1.63. The Kier molecular flexibility index (Phi) is 2.78. The van der Waals surface area contributed by atoms with Crippen molar-refractivity contribution < 1.29 is 17.9 Å². The van der Waals surface area contributed by atoms with Crippen LogP contribution in [0.1, 0.15) is 4.88 Å². The lowest BCUT2D eigenvalue weighted by Crippen LogP contribution is -2.00. The first kappa shape index (κ1) is 10.9. The van der Waals surface area contributed by atoms with Crippen LogP contribution in [0, 0.1) is 0 Å². The summed E-state index contributed by atoms with van der Waals surface area (Å²) in [4.78, 5) is 6.70. The topological polar surface area (TPSA) is 35.0 Å². The largest absolute Gasteiger partial charge is 0.438 e. The summed E-state index contributed by atoms with van der Waals surface area (Å²) in [6.45, 7) is 0. The Morgan fingerprint density at radius 2 is 2.12 bits per heavy atom. The van der Waals surface area contributed by atoms with Crippen LogP contribution in [0.4, 0.5) is 13.2 Å². The number of nitrogens with zero attached hydrogens (tertiary/aromatic N) is 2. The molecule has 0 aliphatic heterocycles. The molecule has 0 N–H and O–H groups in total. The molecule has 0 saturated carbocycles. The fraction of sp³-hybridized carbons (Fsp3) is 0.111. The second kappa shape index (κ2) is 4.09. The van der Waals surface area contributed by atoms with Crippen LogP contribution >= 0.6 is 11.3 Å². The molecule has 0 aliphatic rings. The minimum absolute atomic E-state index is 0.121. The van der Waals surface area contributed by atoms with Crippen LogP contribution in [0.2, 0.25) is 0 Å². The van der Waals surface area contributed by atoms with Gasteiger partial charge in [0.2, 0.25) is 5.88 Å². The average Bonchev–Trinajstić information content (AvgIpc) is 2.67. The zero-order valence-electron chi connectivity index (χ0n) is 7.73. The third kappa shape index (κ3) is 2.48. The highest BCUT2D eigenvalue weighted by atomic mass is 32.1. The van der Waals surface area contributed by atoms with Gasteiger partial charge in [0.05, 0.1) is 0 Å². The molecule has 0 amide bonds. The van der Waals surface area contributed by atoms with Gasteiger partial charge in [-0.2, -0.15) is 13.2 Å². The molecule has 2 aromatic rings. The minimum Gasteiger partial charge on any atom is -0.438 e. The quantitative estimate of drug-likeness (QED) is 0.815. The fourth-order valence-corrected chi connectivity index (χ4v) is 1.66. The molecule has 16 heavy (non-hydrogen) atoms.